The molecule has 1 heterocycles. The second kappa shape index (κ2) is 4.11. The lowest BCUT2D eigenvalue weighted by Gasteiger charge is -2.03. The smallest absolute Gasteiger partial charge is 0.0497 e. The van der Waals surface area contributed by atoms with Crippen molar-refractivity contribution >= 4 is 32.6 Å². The Morgan fingerprint density at radius 1 is 0.800 bits per heavy atom. The van der Waals surface area contributed by atoms with Crippen molar-refractivity contribution in [1.82, 2.24) is 4.57 Å². The molecule has 0 radical (unpaired) electrons. The van der Waals surface area contributed by atoms with Gasteiger partial charge in [-0.05, 0) is 42.3 Å². The minimum Gasteiger partial charge on any atom is -0.341 e. The van der Waals surface area contributed by atoms with Gasteiger partial charge in [-0.3, -0.25) is 0 Å². The van der Waals surface area contributed by atoms with Crippen molar-refractivity contribution in [2.24, 2.45) is 0 Å². The first-order valence-corrected chi connectivity index (χ1v) is 7.20. The summed E-state index contributed by atoms with van der Waals surface area (Å²) in [6, 6.07) is 19.8. The van der Waals surface area contributed by atoms with Crippen molar-refractivity contribution in [2.45, 2.75) is 20.4 Å². The van der Waals surface area contributed by atoms with Gasteiger partial charge < -0.3 is 4.57 Å². The Morgan fingerprint density at radius 3 is 2.45 bits per heavy atom. The predicted octanol–water partition coefficient (Wildman–Crippen LogP) is 5.28. The molecular weight excluding hydrogens is 242 g/mol. The van der Waals surface area contributed by atoms with Gasteiger partial charge in [-0.15, -0.1) is 0 Å². The van der Waals surface area contributed by atoms with Gasteiger partial charge in [0.2, 0.25) is 0 Å². The van der Waals surface area contributed by atoms with Crippen LogP contribution < -0.4 is 0 Å². The lowest BCUT2D eigenvalue weighted by molar-refractivity contribution is 0.827. The third kappa shape index (κ3) is 1.38. The van der Waals surface area contributed by atoms with E-state index in [9.17, 15) is 0 Å². The highest BCUT2D eigenvalue weighted by Crippen LogP contribution is 2.36. The SMILES string of the molecule is CCn1c2cccc(C)c2c2c3ccccc3ccc21. The van der Waals surface area contributed by atoms with E-state index in [0.29, 0.717) is 0 Å². The van der Waals surface area contributed by atoms with E-state index in [-0.39, 0.29) is 0 Å². The first-order chi connectivity index (χ1) is 9.81. The highest BCUT2D eigenvalue weighted by Gasteiger charge is 2.13. The highest BCUT2D eigenvalue weighted by atomic mass is 15.0. The molecule has 0 saturated heterocycles. The van der Waals surface area contributed by atoms with Crippen molar-refractivity contribution < 1.29 is 0 Å². The Kier molecular flexibility index (Phi) is 2.37. The molecule has 0 aliphatic carbocycles. The molecule has 0 aliphatic heterocycles. The van der Waals surface area contributed by atoms with Gasteiger partial charge in [-0.2, -0.15) is 0 Å². The number of hydrogen-bond acceptors (Lipinski definition) is 0. The summed E-state index contributed by atoms with van der Waals surface area (Å²) in [5, 5.41) is 5.48. The second-order valence-corrected chi connectivity index (χ2v) is 5.39. The number of benzene rings is 3. The Bertz CT molecular complexity index is 944. The van der Waals surface area contributed by atoms with Crippen molar-refractivity contribution in [3.05, 3.63) is 60.2 Å². The van der Waals surface area contributed by atoms with Crippen molar-refractivity contribution in [3.8, 4) is 0 Å². The molecule has 20 heavy (non-hydrogen) atoms. The van der Waals surface area contributed by atoms with Crippen molar-refractivity contribution in [2.75, 3.05) is 0 Å². The van der Waals surface area contributed by atoms with Crippen LogP contribution in [0.4, 0.5) is 0 Å². The molecule has 0 unspecified atom stereocenters. The molecule has 1 aromatic heterocycles. The zero-order valence-corrected chi connectivity index (χ0v) is 11.9. The summed E-state index contributed by atoms with van der Waals surface area (Å²) >= 11 is 0. The van der Waals surface area contributed by atoms with E-state index in [0.717, 1.165) is 6.54 Å². The van der Waals surface area contributed by atoms with E-state index in [1.807, 2.05) is 0 Å². The number of aryl methyl sites for hydroxylation is 2. The van der Waals surface area contributed by atoms with Crippen LogP contribution in [0.15, 0.2) is 54.6 Å². The zero-order valence-electron chi connectivity index (χ0n) is 11.9. The third-order valence-electron chi connectivity index (χ3n) is 4.31. The topological polar surface area (TPSA) is 4.93 Å². The molecule has 0 bridgehead atoms. The van der Waals surface area contributed by atoms with Crippen LogP contribution in [0, 0.1) is 6.92 Å². The summed E-state index contributed by atoms with van der Waals surface area (Å²) in [6.07, 6.45) is 0. The summed E-state index contributed by atoms with van der Waals surface area (Å²) in [5.41, 5.74) is 4.05. The van der Waals surface area contributed by atoms with Gasteiger partial charge in [0.1, 0.15) is 0 Å². The highest BCUT2D eigenvalue weighted by molar-refractivity contribution is 6.21. The van der Waals surface area contributed by atoms with Crippen molar-refractivity contribution in [1.29, 1.82) is 0 Å². The number of hydrogen-bond donors (Lipinski definition) is 0. The summed E-state index contributed by atoms with van der Waals surface area (Å²) in [6.45, 7) is 5.43. The molecule has 1 nitrogen and oxygen atoms in total. The average Bonchev–Trinajstić information content (AvgIpc) is 2.82. The zero-order chi connectivity index (χ0) is 13.7. The second-order valence-electron chi connectivity index (χ2n) is 5.39. The summed E-state index contributed by atoms with van der Waals surface area (Å²) < 4.78 is 2.42. The number of fused-ring (bicyclic) bond motifs is 5. The maximum Gasteiger partial charge on any atom is 0.0497 e. The summed E-state index contributed by atoms with van der Waals surface area (Å²) in [5.74, 6) is 0. The lowest BCUT2D eigenvalue weighted by Crippen LogP contribution is -1.92. The van der Waals surface area contributed by atoms with Gasteiger partial charge in [0, 0.05) is 28.4 Å². The van der Waals surface area contributed by atoms with Crippen molar-refractivity contribution in [3.63, 3.8) is 0 Å². The van der Waals surface area contributed by atoms with Gasteiger partial charge in [0.25, 0.3) is 0 Å². The number of rotatable bonds is 1. The van der Waals surface area contributed by atoms with E-state index in [1.54, 1.807) is 0 Å². The number of nitrogens with zero attached hydrogens (tertiary/aromatic N) is 1. The molecule has 1 heteroatoms. The predicted molar refractivity (Wildman–Crippen MR) is 87.4 cm³/mol. The maximum atomic E-state index is 2.42. The van der Waals surface area contributed by atoms with E-state index in [1.165, 1.54) is 38.1 Å². The Labute approximate surface area is 118 Å². The van der Waals surface area contributed by atoms with E-state index >= 15 is 0 Å². The summed E-state index contributed by atoms with van der Waals surface area (Å²) in [7, 11) is 0. The van der Waals surface area contributed by atoms with Crippen LogP contribution in [0.25, 0.3) is 32.6 Å². The standard InChI is InChI=1S/C19H17N/c1-3-20-16-10-6-7-13(2)18(16)19-15-9-5-4-8-14(15)11-12-17(19)20/h4-12H,3H2,1-2H3. The van der Waals surface area contributed by atoms with Gasteiger partial charge in [-0.25, -0.2) is 0 Å². The van der Waals surface area contributed by atoms with Crippen LogP contribution in [0.2, 0.25) is 0 Å². The first-order valence-electron chi connectivity index (χ1n) is 7.20. The minimum absolute atomic E-state index is 1.00. The monoisotopic (exact) mass is 259 g/mol. The van der Waals surface area contributed by atoms with Gasteiger partial charge in [0.05, 0.1) is 0 Å². The molecule has 98 valence electrons. The van der Waals surface area contributed by atoms with E-state index in [2.05, 4.69) is 73.0 Å². The average molecular weight is 259 g/mol. The molecule has 0 N–H and O–H groups in total. The first kappa shape index (κ1) is 11.5. The molecular formula is C19H17N. The third-order valence-corrected chi connectivity index (χ3v) is 4.31. The molecule has 3 aromatic carbocycles. The lowest BCUT2D eigenvalue weighted by atomic mass is 10.0. The quantitative estimate of drug-likeness (QED) is 0.438. The minimum atomic E-state index is 1.00. The fourth-order valence-electron chi connectivity index (χ4n) is 3.42. The van der Waals surface area contributed by atoms with Gasteiger partial charge >= 0.3 is 0 Å². The van der Waals surface area contributed by atoms with Crippen LogP contribution >= 0.6 is 0 Å². The van der Waals surface area contributed by atoms with E-state index in [4.69, 9.17) is 0 Å². The van der Waals surface area contributed by atoms with Gasteiger partial charge in [-0.1, -0.05) is 42.5 Å². The number of aromatic nitrogens is 1. The summed E-state index contributed by atoms with van der Waals surface area (Å²) in [4.78, 5) is 0. The van der Waals surface area contributed by atoms with Crippen LogP contribution in [-0.2, 0) is 6.54 Å². The Hall–Kier alpha value is -2.28. The van der Waals surface area contributed by atoms with Gasteiger partial charge in [0.15, 0.2) is 0 Å². The molecule has 4 rings (SSSR count). The normalized spacial score (nSPS) is 11.7. The maximum absolute atomic E-state index is 2.42. The van der Waals surface area contributed by atoms with Crippen LogP contribution in [0.5, 0.6) is 0 Å². The van der Waals surface area contributed by atoms with Crippen LogP contribution in [-0.4, -0.2) is 4.57 Å². The van der Waals surface area contributed by atoms with Crippen LogP contribution in [0.1, 0.15) is 12.5 Å². The molecule has 0 spiro atoms. The Morgan fingerprint density at radius 2 is 1.60 bits per heavy atom. The largest absolute Gasteiger partial charge is 0.341 e. The molecule has 0 amide bonds. The molecule has 0 atom stereocenters. The van der Waals surface area contributed by atoms with Crippen LogP contribution in [0.3, 0.4) is 0 Å². The molecule has 4 aromatic rings. The molecule has 0 aliphatic rings. The Balaban J connectivity index is 2.40. The van der Waals surface area contributed by atoms with E-state index < -0.39 is 0 Å². The molecule has 0 saturated carbocycles. The fraction of sp³-hybridized carbons (Fsp3) is 0.158. The fourth-order valence-corrected chi connectivity index (χ4v) is 3.42. The molecule has 0 fully saturated rings.